The molecule has 1 aromatic heterocycles. The van der Waals surface area contributed by atoms with E-state index in [-0.39, 0.29) is 18.3 Å². The van der Waals surface area contributed by atoms with Crippen LogP contribution in [0.25, 0.3) is 0 Å². The molecule has 0 spiro atoms. The summed E-state index contributed by atoms with van der Waals surface area (Å²) < 4.78 is 0. The Morgan fingerprint density at radius 3 is 2.77 bits per heavy atom. The Morgan fingerprint density at radius 2 is 2.14 bits per heavy atom. The summed E-state index contributed by atoms with van der Waals surface area (Å²) in [6.07, 6.45) is 4.57. The van der Waals surface area contributed by atoms with Gasteiger partial charge in [-0.1, -0.05) is 20.8 Å². The Labute approximate surface area is 143 Å². The highest BCUT2D eigenvalue weighted by Crippen LogP contribution is 2.40. The van der Waals surface area contributed by atoms with Gasteiger partial charge in [0.1, 0.15) is 0 Å². The van der Waals surface area contributed by atoms with Crippen LogP contribution in [0, 0.1) is 11.3 Å². The molecule has 1 saturated heterocycles. The molecule has 2 heterocycles. The predicted octanol–water partition coefficient (Wildman–Crippen LogP) is 3.41. The van der Waals surface area contributed by atoms with Gasteiger partial charge in [0, 0.05) is 17.5 Å². The fraction of sp³-hybridized carbons (Fsp3) is 0.706. The van der Waals surface area contributed by atoms with Gasteiger partial charge in [0.25, 0.3) is 5.91 Å². The van der Waals surface area contributed by atoms with E-state index < -0.39 is 0 Å². The third-order valence-electron chi connectivity index (χ3n) is 4.93. The van der Waals surface area contributed by atoms with Gasteiger partial charge < -0.3 is 10.6 Å². The van der Waals surface area contributed by atoms with Crippen LogP contribution in [0.1, 0.15) is 53.7 Å². The van der Waals surface area contributed by atoms with Crippen molar-refractivity contribution in [3.05, 3.63) is 21.4 Å². The zero-order valence-electron chi connectivity index (χ0n) is 13.7. The van der Waals surface area contributed by atoms with Gasteiger partial charge in [0.2, 0.25) is 0 Å². The summed E-state index contributed by atoms with van der Waals surface area (Å²) in [5.74, 6) is 0.852. The van der Waals surface area contributed by atoms with E-state index in [0.29, 0.717) is 11.5 Å². The van der Waals surface area contributed by atoms with Crippen LogP contribution in [0.3, 0.4) is 0 Å². The highest BCUT2D eigenvalue weighted by molar-refractivity contribution is 7.14. The number of halogens is 1. The van der Waals surface area contributed by atoms with Gasteiger partial charge in [0.15, 0.2) is 0 Å². The summed E-state index contributed by atoms with van der Waals surface area (Å²) in [5.41, 5.74) is 1.78. The van der Waals surface area contributed by atoms with E-state index in [2.05, 4.69) is 37.5 Å². The normalized spacial score (nSPS) is 24.5. The van der Waals surface area contributed by atoms with Crippen molar-refractivity contribution in [2.75, 3.05) is 13.1 Å². The Hall–Kier alpha value is -0.580. The molecule has 0 bridgehead atoms. The first-order valence-electron chi connectivity index (χ1n) is 8.06. The number of carbonyl (C=O) groups excluding carboxylic acids is 1. The molecule has 2 aliphatic rings. The maximum Gasteiger partial charge on any atom is 0.261 e. The van der Waals surface area contributed by atoms with Crippen molar-refractivity contribution in [1.29, 1.82) is 0 Å². The number of aryl methyl sites for hydroxylation is 1. The quantitative estimate of drug-likeness (QED) is 0.864. The average Bonchev–Trinajstić information content (AvgIpc) is 3.04. The van der Waals surface area contributed by atoms with Gasteiger partial charge in [0.05, 0.1) is 4.88 Å². The van der Waals surface area contributed by atoms with E-state index in [1.807, 2.05) is 0 Å². The Balaban J connectivity index is 0.00000176. The number of carbonyl (C=O) groups is 1. The second-order valence-corrected chi connectivity index (χ2v) is 8.66. The second-order valence-electron chi connectivity index (χ2n) is 7.53. The van der Waals surface area contributed by atoms with E-state index in [9.17, 15) is 4.79 Å². The molecule has 0 aromatic carbocycles. The van der Waals surface area contributed by atoms with Gasteiger partial charge in [-0.25, -0.2) is 0 Å². The minimum atomic E-state index is 0. The topological polar surface area (TPSA) is 41.1 Å². The molecule has 5 heteroatoms. The molecule has 2 atom stereocenters. The van der Waals surface area contributed by atoms with Crippen molar-refractivity contribution in [2.24, 2.45) is 11.3 Å². The lowest BCUT2D eigenvalue weighted by atomic mass is 9.72. The lowest BCUT2D eigenvalue weighted by Gasteiger charge is -2.33. The van der Waals surface area contributed by atoms with E-state index in [1.54, 1.807) is 11.3 Å². The third kappa shape index (κ3) is 3.84. The summed E-state index contributed by atoms with van der Waals surface area (Å²) in [5, 5.41) is 6.44. The summed E-state index contributed by atoms with van der Waals surface area (Å²) >= 11 is 1.71. The summed E-state index contributed by atoms with van der Waals surface area (Å²) in [6.45, 7) is 8.91. The molecule has 0 radical (unpaired) electrons. The van der Waals surface area contributed by atoms with Crippen molar-refractivity contribution in [3.8, 4) is 0 Å². The molecule has 3 nitrogen and oxygen atoms in total. The van der Waals surface area contributed by atoms with Crippen LogP contribution in [-0.2, 0) is 12.8 Å². The molecule has 22 heavy (non-hydrogen) atoms. The van der Waals surface area contributed by atoms with Gasteiger partial charge in [-0.05, 0) is 55.2 Å². The van der Waals surface area contributed by atoms with Crippen LogP contribution in [0.5, 0.6) is 0 Å². The smallest absolute Gasteiger partial charge is 0.261 e. The minimum absolute atomic E-state index is 0. The van der Waals surface area contributed by atoms with Crippen LogP contribution in [0.15, 0.2) is 6.07 Å². The van der Waals surface area contributed by atoms with Crippen LogP contribution >= 0.6 is 23.7 Å². The maximum atomic E-state index is 12.4. The predicted molar refractivity (Wildman–Crippen MR) is 95.3 cm³/mol. The molecule has 1 aromatic rings. The first-order valence-corrected chi connectivity index (χ1v) is 8.88. The van der Waals surface area contributed by atoms with Crippen molar-refractivity contribution in [1.82, 2.24) is 10.6 Å². The molecule has 2 N–H and O–H groups in total. The largest absolute Gasteiger partial charge is 0.347 e. The lowest BCUT2D eigenvalue weighted by Crippen LogP contribution is -2.35. The first kappa shape index (κ1) is 17.8. The van der Waals surface area contributed by atoms with Gasteiger partial charge in [-0.3, -0.25) is 4.79 Å². The monoisotopic (exact) mass is 342 g/mol. The van der Waals surface area contributed by atoms with Gasteiger partial charge in [-0.15, -0.1) is 23.7 Å². The van der Waals surface area contributed by atoms with Crippen LogP contribution < -0.4 is 10.6 Å². The third-order valence-corrected chi connectivity index (χ3v) is 6.16. The number of rotatable bonds is 2. The molecular weight excluding hydrogens is 316 g/mol. The number of amides is 1. The second kappa shape index (κ2) is 6.90. The van der Waals surface area contributed by atoms with E-state index in [1.165, 1.54) is 16.9 Å². The lowest BCUT2D eigenvalue weighted by molar-refractivity contribution is 0.0944. The molecule has 3 rings (SSSR count). The van der Waals surface area contributed by atoms with Gasteiger partial charge >= 0.3 is 0 Å². The number of hydrogen-bond acceptors (Lipinski definition) is 3. The SMILES string of the molecule is CC(C)(C)C1CCc2sc(C(=O)NC3CCNC3)cc2C1.Cl. The number of nitrogens with one attached hydrogen (secondary N) is 2. The molecule has 1 amide bonds. The molecule has 1 aliphatic heterocycles. The van der Waals surface area contributed by atoms with E-state index in [4.69, 9.17) is 0 Å². The van der Waals surface area contributed by atoms with Gasteiger partial charge in [-0.2, -0.15) is 0 Å². The molecule has 0 saturated carbocycles. The van der Waals surface area contributed by atoms with Crippen molar-refractivity contribution in [3.63, 3.8) is 0 Å². The van der Waals surface area contributed by atoms with E-state index >= 15 is 0 Å². The Bertz CT molecular complexity index is 529. The van der Waals surface area contributed by atoms with E-state index in [0.717, 1.165) is 43.1 Å². The number of fused-ring (bicyclic) bond motifs is 1. The van der Waals surface area contributed by atoms with Crippen molar-refractivity contribution >= 4 is 29.7 Å². The van der Waals surface area contributed by atoms with Crippen LogP contribution in [-0.4, -0.2) is 25.0 Å². The first-order chi connectivity index (χ1) is 9.93. The summed E-state index contributed by atoms with van der Waals surface area (Å²) in [4.78, 5) is 14.7. The van der Waals surface area contributed by atoms with Crippen molar-refractivity contribution < 1.29 is 4.79 Å². The fourth-order valence-electron chi connectivity index (χ4n) is 3.41. The Morgan fingerprint density at radius 1 is 1.36 bits per heavy atom. The molecular formula is C17H27ClN2OS. The Kier molecular flexibility index (Phi) is 5.57. The molecule has 1 fully saturated rings. The van der Waals surface area contributed by atoms with Crippen molar-refractivity contribution in [2.45, 2.75) is 52.5 Å². The zero-order valence-corrected chi connectivity index (χ0v) is 15.3. The average molecular weight is 343 g/mol. The molecule has 2 unspecified atom stereocenters. The standard InChI is InChI=1S/C17H26N2OS.ClH/c1-17(2,3)12-4-5-14-11(8-12)9-15(21-14)16(20)19-13-6-7-18-10-13;/h9,12-13,18H,4-8,10H2,1-3H3,(H,19,20);1H. The molecule has 1 aliphatic carbocycles. The zero-order chi connectivity index (χ0) is 15.0. The summed E-state index contributed by atoms with van der Waals surface area (Å²) in [7, 11) is 0. The minimum Gasteiger partial charge on any atom is -0.347 e. The fourth-order valence-corrected chi connectivity index (χ4v) is 4.52. The molecule has 124 valence electrons. The maximum absolute atomic E-state index is 12.4. The highest BCUT2D eigenvalue weighted by atomic mass is 35.5. The summed E-state index contributed by atoms with van der Waals surface area (Å²) in [6, 6.07) is 2.45. The number of thiophene rings is 1. The van der Waals surface area contributed by atoms with Crippen LogP contribution in [0.4, 0.5) is 0 Å². The number of hydrogen-bond donors (Lipinski definition) is 2. The van der Waals surface area contributed by atoms with Crippen LogP contribution in [0.2, 0.25) is 0 Å². The highest BCUT2D eigenvalue weighted by Gasteiger charge is 2.30.